The van der Waals surface area contributed by atoms with E-state index in [2.05, 4.69) is 0 Å². The normalized spacial score (nSPS) is 23.7. The van der Waals surface area contributed by atoms with Crippen molar-refractivity contribution >= 4 is 11.8 Å². The largest absolute Gasteiger partial charge is 0.465 e. The van der Waals surface area contributed by atoms with Crippen molar-refractivity contribution in [2.45, 2.75) is 25.7 Å². The summed E-state index contributed by atoms with van der Waals surface area (Å²) in [5.41, 5.74) is 1.00. The van der Waals surface area contributed by atoms with Gasteiger partial charge in [0.05, 0.1) is 6.61 Å². The lowest BCUT2D eigenvalue weighted by molar-refractivity contribution is -0.150. The first-order valence-corrected chi connectivity index (χ1v) is 5.99. The quantitative estimate of drug-likeness (QED) is 0.593. The summed E-state index contributed by atoms with van der Waals surface area (Å²) < 4.78 is 4.92. The molecule has 1 fully saturated rings. The van der Waals surface area contributed by atoms with Gasteiger partial charge in [-0.2, -0.15) is 0 Å². The first-order chi connectivity index (χ1) is 8.24. The Morgan fingerprint density at radius 2 is 2.00 bits per heavy atom. The molecule has 0 radical (unpaired) electrons. The fourth-order valence-electron chi connectivity index (χ4n) is 2.35. The van der Waals surface area contributed by atoms with E-state index in [9.17, 15) is 9.59 Å². The maximum atomic E-state index is 12.1. The van der Waals surface area contributed by atoms with Crippen LogP contribution in [0.15, 0.2) is 30.3 Å². The average molecular weight is 232 g/mol. The van der Waals surface area contributed by atoms with Crippen LogP contribution in [0.3, 0.4) is 0 Å². The molecule has 17 heavy (non-hydrogen) atoms. The van der Waals surface area contributed by atoms with Gasteiger partial charge >= 0.3 is 5.97 Å². The number of benzene rings is 1. The van der Waals surface area contributed by atoms with Crippen molar-refractivity contribution in [1.29, 1.82) is 0 Å². The zero-order valence-corrected chi connectivity index (χ0v) is 9.89. The van der Waals surface area contributed by atoms with Crippen molar-refractivity contribution < 1.29 is 14.3 Å². The zero-order chi connectivity index (χ0) is 12.3. The second kappa shape index (κ2) is 5.13. The molecule has 2 rings (SSSR count). The van der Waals surface area contributed by atoms with E-state index in [1.807, 2.05) is 30.3 Å². The van der Waals surface area contributed by atoms with Crippen LogP contribution in [0.4, 0.5) is 0 Å². The molecule has 0 aliphatic heterocycles. The average Bonchev–Trinajstić information content (AvgIpc) is 2.72. The number of ketones is 1. The minimum atomic E-state index is -0.555. The third-order valence-electron chi connectivity index (χ3n) is 3.20. The number of carbonyl (C=O) groups excluding carboxylic acids is 2. The fraction of sp³-hybridized carbons (Fsp3) is 0.429. The van der Waals surface area contributed by atoms with Crippen molar-refractivity contribution in [2.24, 2.45) is 5.92 Å². The summed E-state index contributed by atoms with van der Waals surface area (Å²) in [5.74, 6) is -1.05. The Labute approximate surface area is 101 Å². The van der Waals surface area contributed by atoms with Gasteiger partial charge in [-0.1, -0.05) is 30.3 Å². The molecule has 1 aliphatic rings. The Morgan fingerprint density at radius 1 is 1.29 bits per heavy atom. The highest BCUT2D eigenvalue weighted by atomic mass is 16.5. The molecular weight excluding hydrogens is 216 g/mol. The summed E-state index contributed by atoms with van der Waals surface area (Å²) in [6.45, 7) is 2.09. The maximum absolute atomic E-state index is 12.1. The molecule has 1 saturated carbocycles. The van der Waals surface area contributed by atoms with Crippen LogP contribution in [0.2, 0.25) is 0 Å². The molecule has 0 N–H and O–H groups in total. The molecule has 0 bridgehead atoms. The van der Waals surface area contributed by atoms with Crippen LogP contribution in [0.1, 0.15) is 31.2 Å². The predicted molar refractivity (Wildman–Crippen MR) is 63.5 cm³/mol. The van der Waals surface area contributed by atoms with E-state index in [0.717, 1.165) is 12.0 Å². The number of hydrogen-bond donors (Lipinski definition) is 0. The maximum Gasteiger partial charge on any atom is 0.316 e. The number of Topliss-reactive ketones (excluding diaryl/α,β-unsaturated/α-hetero) is 1. The van der Waals surface area contributed by atoms with Gasteiger partial charge in [0.15, 0.2) is 5.78 Å². The molecule has 0 heterocycles. The predicted octanol–water partition coefficient (Wildman–Crippen LogP) is 2.31. The second-order valence-electron chi connectivity index (χ2n) is 4.25. The molecule has 3 nitrogen and oxygen atoms in total. The molecule has 0 unspecified atom stereocenters. The highest BCUT2D eigenvalue weighted by Crippen LogP contribution is 2.35. The molecular formula is C14H16O3. The van der Waals surface area contributed by atoms with E-state index < -0.39 is 5.92 Å². The molecule has 0 saturated heterocycles. The highest BCUT2D eigenvalue weighted by molar-refractivity contribution is 6.03. The molecule has 0 amide bonds. The van der Waals surface area contributed by atoms with Crippen LogP contribution in [0, 0.1) is 5.92 Å². The number of ether oxygens (including phenoxy) is 1. The van der Waals surface area contributed by atoms with Gasteiger partial charge in [0.25, 0.3) is 0 Å². The summed E-state index contributed by atoms with van der Waals surface area (Å²) in [4.78, 5) is 23.7. The lowest BCUT2D eigenvalue weighted by Gasteiger charge is -2.10. The lowest BCUT2D eigenvalue weighted by Crippen LogP contribution is -2.23. The number of esters is 1. The van der Waals surface area contributed by atoms with Crippen molar-refractivity contribution in [3.05, 3.63) is 35.9 Å². The standard InChI is InChI=1S/C14H16O3/c1-2-17-14(16)12-9-8-11(13(12)15)10-6-4-3-5-7-10/h3-7,11-12H,2,8-9H2,1H3/t11-,12-/m0/s1. The summed E-state index contributed by atoms with van der Waals surface area (Å²) in [6, 6.07) is 9.64. The highest BCUT2D eigenvalue weighted by Gasteiger charge is 2.40. The Morgan fingerprint density at radius 3 is 2.65 bits per heavy atom. The zero-order valence-electron chi connectivity index (χ0n) is 9.89. The smallest absolute Gasteiger partial charge is 0.316 e. The lowest BCUT2D eigenvalue weighted by atomic mass is 9.95. The van der Waals surface area contributed by atoms with Crippen molar-refractivity contribution in [3.63, 3.8) is 0 Å². The number of rotatable bonds is 3. The van der Waals surface area contributed by atoms with Crippen LogP contribution >= 0.6 is 0 Å². The van der Waals surface area contributed by atoms with Crippen LogP contribution in [-0.2, 0) is 14.3 Å². The van der Waals surface area contributed by atoms with E-state index in [4.69, 9.17) is 4.74 Å². The molecule has 2 atom stereocenters. The topological polar surface area (TPSA) is 43.4 Å². The molecule has 0 spiro atoms. The van der Waals surface area contributed by atoms with Crippen LogP contribution in [-0.4, -0.2) is 18.4 Å². The first kappa shape index (κ1) is 11.8. The third kappa shape index (κ3) is 2.38. The van der Waals surface area contributed by atoms with Crippen molar-refractivity contribution in [3.8, 4) is 0 Å². The van der Waals surface area contributed by atoms with E-state index in [1.54, 1.807) is 6.92 Å². The molecule has 0 aromatic heterocycles. The molecule has 1 aromatic rings. The molecule has 1 aliphatic carbocycles. The van der Waals surface area contributed by atoms with Gasteiger partial charge in [-0.3, -0.25) is 9.59 Å². The minimum Gasteiger partial charge on any atom is -0.465 e. The molecule has 1 aromatic carbocycles. The minimum absolute atomic E-state index is 0.00894. The van der Waals surface area contributed by atoms with Gasteiger partial charge in [0.2, 0.25) is 0 Å². The SMILES string of the molecule is CCOC(=O)[C@H]1CC[C@@H](c2ccccc2)C1=O. The molecule has 3 heteroatoms. The van der Waals surface area contributed by atoms with Crippen molar-refractivity contribution in [2.75, 3.05) is 6.61 Å². The van der Waals surface area contributed by atoms with E-state index in [0.29, 0.717) is 13.0 Å². The number of carbonyl (C=O) groups is 2. The third-order valence-corrected chi connectivity index (χ3v) is 3.20. The van der Waals surface area contributed by atoms with E-state index in [1.165, 1.54) is 0 Å². The monoisotopic (exact) mass is 232 g/mol. The van der Waals surface area contributed by atoms with Gasteiger partial charge < -0.3 is 4.74 Å². The summed E-state index contributed by atoms with van der Waals surface area (Å²) in [7, 11) is 0. The Kier molecular flexibility index (Phi) is 3.57. The van der Waals surface area contributed by atoms with Crippen LogP contribution < -0.4 is 0 Å². The Hall–Kier alpha value is -1.64. The first-order valence-electron chi connectivity index (χ1n) is 5.99. The van der Waals surface area contributed by atoms with Gasteiger partial charge in [-0.25, -0.2) is 0 Å². The summed E-state index contributed by atoms with van der Waals surface area (Å²) in [5, 5.41) is 0. The van der Waals surface area contributed by atoms with Crippen LogP contribution in [0.5, 0.6) is 0 Å². The van der Waals surface area contributed by atoms with E-state index >= 15 is 0 Å². The van der Waals surface area contributed by atoms with Crippen LogP contribution in [0.25, 0.3) is 0 Å². The summed E-state index contributed by atoms with van der Waals surface area (Å²) in [6.07, 6.45) is 1.35. The van der Waals surface area contributed by atoms with Gasteiger partial charge in [-0.15, -0.1) is 0 Å². The Bertz CT molecular complexity index is 411. The second-order valence-corrected chi connectivity index (χ2v) is 4.25. The van der Waals surface area contributed by atoms with Gasteiger partial charge in [0, 0.05) is 5.92 Å². The Balaban J connectivity index is 2.10. The molecule has 90 valence electrons. The fourth-order valence-corrected chi connectivity index (χ4v) is 2.35. The van der Waals surface area contributed by atoms with Gasteiger partial charge in [-0.05, 0) is 25.3 Å². The van der Waals surface area contributed by atoms with Gasteiger partial charge in [0.1, 0.15) is 5.92 Å². The van der Waals surface area contributed by atoms with Crippen molar-refractivity contribution in [1.82, 2.24) is 0 Å². The summed E-state index contributed by atoms with van der Waals surface area (Å²) >= 11 is 0. The van der Waals surface area contributed by atoms with E-state index in [-0.39, 0.29) is 17.7 Å². The number of hydrogen-bond acceptors (Lipinski definition) is 3.